The van der Waals surface area contributed by atoms with E-state index in [1.807, 2.05) is 0 Å². The maximum atomic E-state index is 9.16. The Kier molecular flexibility index (Phi) is 2.94. The van der Waals surface area contributed by atoms with Gasteiger partial charge in [-0.25, -0.2) is 0 Å². The smallest absolute Gasteiger partial charge is 0.109 e. The van der Waals surface area contributed by atoms with Gasteiger partial charge in [-0.1, -0.05) is 0 Å². The Morgan fingerprint density at radius 1 is 1.31 bits per heavy atom. The Labute approximate surface area is 80.5 Å². The molecule has 1 aliphatic rings. The minimum atomic E-state index is -0.302. The summed E-state index contributed by atoms with van der Waals surface area (Å²) in [5.74, 6) is 0. The van der Waals surface area contributed by atoms with Gasteiger partial charge in [0.05, 0.1) is 6.07 Å². The highest BCUT2D eigenvalue weighted by molar-refractivity contribution is 5.11. The first kappa shape index (κ1) is 10.5. The molecule has 0 amide bonds. The van der Waals surface area contributed by atoms with Gasteiger partial charge in [0.15, 0.2) is 0 Å². The van der Waals surface area contributed by atoms with E-state index in [1.54, 1.807) is 0 Å². The largest absolute Gasteiger partial charge is 0.317 e. The van der Waals surface area contributed by atoms with Crippen LogP contribution in [0.4, 0.5) is 0 Å². The molecule has 13 heavy (non-hydrogen) atoms. The summed E-state index contributed by atoms with van der Waals surface area (Å²) in [6.07, 6.45) is 1.81. The van der Waals surface area contributed by atoms with Crippen molar-refractivity contribution in [2.75, 3.05) is 13.1 Å². The van der Waals surface area contributed by atoms with E-state index in [-0.39, 0.29) is 11.1 Å². The lowest BCUT2D eigenvalue weighted by molar-refractivity contribution is 0.243. The molecule has 0 aromatic carbocycles. The first-order valence-corrected chi connectivity index (χ1v) is 4.89. The van der Waals surface area contributed by atoms with Crippen LogP contribution in [0.25, 0.3) is 0 Å². The predicted octanol–water partition coefficient (Wildman–Crippen LogP) is 1.02. The van der Waals surface area contributed by atoms with Crippen LogP contribution in [0.2, 0.25) is 0 Å². The monoisotopic (exact) mass is 181 g/mol. The highest BCUT2D eigenvalue weighted by Gasteiger charge is 2.34. The summed E-state index contributed by atoms with van der Waals surface area (Å²) in [6.45, 7) is 8.20. The molecule has 3 heteroatoms. The van der Waals surface area contributed by atoms with Crippen molar-refractivity contribution in [2.45, 2.75) is 44.7 Å². The number of piperidine rings is 1. The third-order valence-electron chi connectivity index (χ3n) is 2.29. The summed E-state index contributed by atoms with van der Waals surface area (Å²) in [5, 5.41) is 15.9. The van der Waals surface area contributed by atoms with Gasteiger partial charge in [0, 0.05) is 5.54 Å². The van der Waals surface area contributed by atoms with Crippen molar-refractivity contribution in [3.8, 4) is 6.07 Å². The Morgan fingerprint density at radius 2 is 1.85 bits per heavy atom. The molecule has 0 unspecified atom stereocenters. The first-order chi connectivity index (χ1) is 5.97. The number of nitrogens with one attached hydrogen (secondary N) is 2. The molecule has 1 aliphatic heterocycles. The molecule has 74 valence electrons. The Hall–Kier alpha value is -0.590. The molecule has 1 saturated heterocycles. The number of rotatable bonds is 1. The van der Waals surface area contributed by atoms with E-state index in [0.717, 1.165) is 25.9 Å². The normalized spacial score (nSPS) is 22.3. The predicted molar refractivity (Wildman–Crippen MR) is 53.3 cm³/mol. The molecular formula is C10H19N3. The minimum absolute atomic E-state index is 0.0209. The topological polar surface area (TPSA) is 47.9 Å². The average Bonchev–Trinajstić information content (AvgIpc) is 2.03. The zero-order valence-electron chi connectivity index (χ0n) is 8.78. The Bertz CT molecular complexity index is 203. The van der Waals surface area contributed by atoms with Gasteiger partial charge in [0.25, 0.3) is 0 Å². The molecule has 1 fully saturated rings. The summed E-state index contributed by atoms with van der Waals surface area (Å²) < 4.78 is 0. The maximum Gasteiger partial charge on any atom is 0.109 e. The van der Waals surface area contributed by atoms with Crippen LogP contribution in [0, 0.1) is 11.3 Å². The van der Waals surface area contributed by atoms with Crippen molar-refractivity contribution in [1.82, 2.24) is 10.6 Å². The Balaban J connectivity index is 2.65. The number of hydrogen-bond acceptors (Lipinski definition) is 3. The van der Waals surface area contributed by atoms with Crippen molar-refractivity contribution in [3.63, 3.8) is 0 Å². The lowest BCUT2D eigenvalue weighted by atomic mass is 9.87. The van der Waals surface area contributed by atoms with E-state index < -0.39 is 0 Å². The van der Waals surface area contributed by atoms with Crippen LogP contribution in [0.1, 0.15) is 33.6 Å². The highest BCUT2D eigenvalue weighted by Crippen LogP contribution is 2.20. The molecule has 0 spiro atoms. The first-order valence-electron chi connectivity index (χ1n) is 4.89. The quantitative estimate of drug-likeness (QED) is 0.635. The molecule has 0 aliphatic carbocycles. The molecule has 3 nitrogen and oxygen atoms in total. The van der Waals surface area contributed by atoms with E-state index in [4.69, 9.17) is 5.26 Å². The van der Waals surface area contributed by atoms with E-state index in [9.17, 15) is 0 Å². The van der Waals surface area contributed by atoms with Crippen LogP contribution in [0.5, 0.6) is 0 Å². The van der Waals surface area contributed by atoms with Crippen LogP contribution in [-0.4, -0.2) is 24.2 Å². The molecule has 0 radical (unpaired) electrons. The molecule has 0 aromatic heterocycles. The van der Waals surface area contributed by atoms with Crippen LogP contribution in [0.15, 0.2) is 0 Å². The van der Waals surface area contributed by atoms with Crippen molar-refractivity contribution >= 4 is 0 Å². The lowest BCUT2D eigenvalue weighted by Crippen LogP contribution is -2.57. The number of nitrogens with zero attached hydrogens (tertiary/aromatic N) is 1. The summed E-state index contributed by atoms with van der Waals surface area (Å²) in [5.41, 5.74) is -0.281. The Morgan fingerprint density at radius 3 is 2.23 bits per heavy atom. The van der Waals surface area contributed by atoms with Gasteiger partial charge in [-0.2, -0.15) is 5.26 Å². The van der Waals surface area contributed by atoms with Gasteiger partial charge in [-0.15, -0.1) is 0 Å². The van der Waals surface area contributed by atoms with Gasteiger partial charge in [0.1, 0.15) is 5.54 Å². The van der Waals surface area contributed by atoms with Crippen LogP contribution < -0.4 is 10.6 Å². The number of nitriles is 1. The molecule has 2 N–H and O–H groups in total. The minimum Gasteiger partial charge on any atom is -0.317 e. The summed E-state index contributed by atoms with van der Waals surface area (Å²) in [6, 6.07) is 2.42. The second kappa shape index (κ2) is 3.65. The van der Waals surface area contributed by atoms with E-state index in [1.165, 1.54) is 0 Å². The summed E-state index contributed by atoms with van der Waals surface area (Å²) >= 11 is 0. The van der Waals surface area contributed by atoms with E-state index >= 15 is 0 Å². The highest BCUT2D eigenvalue weighted by atomic mass is 15.1. The molecule has 0 atom stereocenters. The fraction of sp³-hybridized carbons (Fsp3) is 0.900. The van der Waals surface area contributed by atoms with Crippen molar-refractivity contribution in [3.05, 3.63) is 0 Å². The maximum absolute atomic E-state index is 9.16. The SMILES string of the molecule is CC(C)(C)NC1(C#N)CCNCC1. The second-order valence-electron chi connectivity index (χ2n) is 4.82. The van der Waals surface area contributed by atoms with Gasteiger partial charge in [0.2, 0.25) is 0 Å². The van der Waals surface area contributed by atoms with Crippen LogP contribution in [-0.2, 0) is 0 Å². The lowest BCUT2D eigenvalue weighted by Gasteiger charge is -2.38. The molecule has 1 heterocycles. The second-order valence-corrected chi connectivity index (χ2v) is 4.82. The van der Waals surface area contributed by atoms with Gasteiger partial charge >= 0.3 is 0 Å². The van der Waals surface area contributed by atoms with Crippen molar-refractivity contribution < 1.29 is 0 Å². The van der Waals surface area contributed by atoms with E-state index in [0.29, 0.717) is 0 Å². The van der Waals surface area contributed by atoms with Gasteiger partial charge in [-0.05, 0) is 46.7 Å². The fourth-order valence-electron chi connectivity index (χ4n) is 1.84. The summed E-state index contributed by atoms with van der Waals surface area (Å²) in [7, 11) is 0. The molecule has 0 saturated carbocycles. The standard InChI is InChI=1S/C10H19N3/c1-9(2,3)13-10(8-11)4-6-12-7-5-10/h12-13H,4-7H2,1-3H3. The van der Waals surface area contributed by atoms with Crippen molar-refractivity contribution in [2.24, 2.45) is 0 Å². The van der Waals surface area contributed by atoms with E-state index in [2.05, 4.69) is 37.5 Å². The third-order valence-corrected chi connectivity index (χ3v) is 2.29. The zero-order chi connectivity index (χ0) is 9.95. The molecule has 1 rings (SSSR count). The van der Waals surface area contributed by atoms with Gasteiger partial charge in [-0.3, -0.25) is 5.32 Å². The summed E-state index contributed by atoms with van der Waals surface area (Å²) in [4.78, 5) is 0. The van der Waals surface area contributed by atoms with Crippen molar-refractivity contribution in [1.29, 1.82) is 5.26 Å². The molecule has 0 bridgehead atoms. The fourth-order valence-corrected chi connectivity index (χ4v) is 1.84. The molecular weight excluding hydrogens is 162 g/mol. The zero-order valence-corrected chi connectivity index (χ0v) is 8.78. The van der Waals surface area contributed by atoms with Gasteiger partial charge < -0.3 is 5.32 Å². The average molecular weight is 181 g/mol. The third kappa shape index (κ3) is 2.98. The van der Waals surface area contributed by atoms with Crippen LogP contribution in [0.3, 0.4) is 0 Å². The van der Waals surface area contributed by atoms with Crippen LogP contribution >= 0.6 is 0 Å². The number of hydrogen-bond donors (Lipinski definition) is 2. The molecule has 0 aromatic rings.